The van der Waals surface area contributed by atoms with Crippen molar-refractivity contribution in [3.63, 3.8) is 0 Å². The van der Waals surface area contributed by atoms with E-state index in [1.54, 1.807) is 12.1 Å². The highest BCUT2D eigenvalue weighted by atomic mass is 35.5. The van der Waals surface area contributed by atoms with Gasteiger partial charge in [-0.05, 0) is 49.9 Å². The molecule has 0 radical (unpaired) electrons. The van der Waals surface area contributed by atoms with E-state index in [0.717, 1.165) is 30.9 Å². The summed E-state index contributed by atoms with van der Waals surface area (Å²) < 4.78 is 27.7. The molecule has 0 atom stereocenters. The van der Waals surface area contributed by atoms with Crippen LogP contribution in [-0.4, -0.2) is 90.3 Å². The molecule has 0 spiro atoms. The Bertz CT molecular complexity index is 1360. The molecular weight excluding hydrogens is 549 g/mol. The summed E-state index contributed by atoms with van der Waals surface area (Å²) in [4.78, 5) is 33.5. The number of halogens is 2. The molecule has 2 aliphatic heterocycles. The van der Waals surface area contributed by atoms with Gasteiger partial charge in [0.1, 0.15) is 0 Å². The molecule has 2 amide bonds. The van der Waals surface area contributed by atoms with Crippen LogP contribution in [0.4, 0.5) is 5.69 Å². The summed E-state index contributed by atoms with van der Waals surface area (Å²) in [6, 6.07) is 4.54. The molecule has 2 aromatic rings. The Morgan fingerprint density at radius 2 is 1.76 bits per heavy atom. The average Bonchev–Trinajstić information content (AvgIpc) is 3.49. The Balaban J connectivity index is 1.63. The van der Waals surface area contributed by atoms with Gasteiger partial charge < -0.3 is 20.1 Å². The first-order chi connectivity index (χ1) is 18.2. The summed E-state index contributed by atoms with van der Waals surface area (Å²) in [5.74, 6) is -0.0911. The molecule has 0 saturated carbocycles. The van der Waals surface area contributed by atoms with Crippen molar-refractivity contribution in [1.82, 2.24) is 19.1 Å². The number of sulfonamides is 1. The lowest BCUT2D eigenvalue weighted by Crippen LogP contribution is -2.35. The summed E-state index contributed by atoms with van der Waals surface area (Å²) in [5, 5.41) is 2.80. The van der Waals surface area contributed by atoms with Gasteiger partial charge in [0.15, 0.2) is 0 Å². The van der Waals surface area contributed by atoms with E-state index in [-0.39, 0.29) is 41.6 Å². The quantitative estimate of drug-likeness (QED) is 0.294. The van der Waals surface area contributed by atoms with Crippen LogP contribution < -0.4 is 5.32 Å². The maximum absolute atomic E-state index is 13.2. The number of rotatable bonds is 12. The van der Waals surface area contributed by atoms with Crippen molar-refractivity contribution >= 4 is 62.4 Å². The van der Waals surface area contributed by atoms with Crippen molar-refractivity contribution in [2.75, 3.05) is 56.3 Å². The van der Waals surface area contributed by atoms with Crippen molar-refractivity contribution in [3.05, 3.63) is 46.3 Å². The fourth-order valence-corrected chi connectivity index (χ4v) is 7.02. The van der Waals surface area contributed by atoms with Gasteiger partial charge in [-0.15, -0.1) is 23.2 Å². The predicted molar refractivity (Wildman–Crippen MR) is 151 cm³/mol. The topological polar surface area (TPSA) is 106 Å². The lowest BCUT2D eigenvalue weighted by molar-refractivity contribution is -0.110. The van der Waals surface area contributed by atoms with Gasteiger partial charge in [0.25, 0.3) is 11.8 Å². The number of carbonyl (C=O) groups excluding carboxylic acids is 2. The van der Waals surface area contributed by atoms with E-state index in [4.69, 9.17) is 23.2 Å². The number of benzene rings is 1. The van der Waals surface area contributed by atoms with Crippen molar-refractivity contribution in [3.8, 4) is 0 Å². The number of nitrogens with zero attached hydrogens (tertiary/aromatic N) is 3. The van der Waals surface area contributed by atoms with Crippen LogP contribution in [0, 0.1) is 6.92 Å². The minimum absolute atomic E-state index is 0.0196. The number of amides is 2. The lowest BCUT2D eigenvalue weighted by Gasteiger charge is -2.22. The van der Waals surface area contributed by atoms with E-state index in [2.05, 4.69) is 29.0 Å². The van der Waals surface area contributed by atoms with E-state index >= 15 is 0 Å². The number of aromatic nitrogens is 1. The zero-order valence-electron chi connectivity index (χ0n) is 21.8. The van der Waals surface area contributed by atoms with E-state index in [1.165, 1.54) is 16.4 Å². The molecule has 38 heavy (non-hydrogen) atoms. The number of anilines is 1. The highest BCUT2D eigenvalue weighted by Crippen LogP contribution is 2.37. The third-order valence-electron chi connectivity index (χ3n) is 7.17. The zero-order chi connectivity index (χ0) is 27.6. The molecule has 2 N–H and O–H groups in total. The molecule has 4 rings (SSSR count). The first kappa shape index (κ1) is 28.6. The van der Waals surface area contributed by atoms with Gasteiger partial charge in [0, 0.05) is 60.6 Å². The molecule has 2 aliphatic rings. The second-order valence-corrected chi connectivity index (χ2v) is 12.0. The summed E-state index contributed by atoms with van der Waals surface area (Å²) in [6.45, 7) is 10.1. The highest BCUT2D eigenvalue weighted by Gasteiger charge is 2.33. The number of hydrogen-bond donors (Lipinski definition) is 2. The third-order valence-corrected chi connectivity index (χ3v) is 9.40. The van der Waals surface area contributed by atoms with Gasteiger partial charge in [-0.3, -0.25) is 9.59 Å². The second-order valence-electron chi connectivity index (χ2n) is 9.27. The minimum Gasteiger partial charge on any atom is -0.357 e. The van der Waals surface area contributed by atoms with Crippen LogP contribution in [0.15, 0.2) is 23.1 Å². The molecular formula is C26H33Cl2N5O4S. The van der Waals surface area contributed by atoms with E-state index < -0.39 is 10.0 Å². The molecule has 3 heterocycles. The Hall–Kier alpha value is -2.37. The molecule has 206 valence electrons. The van der Waals surface area contributed by atoms with Gasteiger partial charge in [-0.2, -0.15) is 4.31 Å². The Morgan fingerprint density at radius 3 is 2.37 bits per heavy atom. The number of carbonyl (C=O) groups is 2. The molecule has 0 bridgehead atoms. The monoisotopic (exact) mass is 581 g/mol. The minimum atomic E-state index is -3.86. The summed E-state index contributed by atoms with van der Waals surface area (Å²) >= 11 is 11.6. The Labute approximate surface area is 233 Å². The van der Waals surface area contributed by atoms with Crippen LogP contribution in [0.3, 0.4) is 0 Å². The van der Waals surface area contributed by atoms with Crippen molar-refractivity contribution in [2.45, 2.75) is 32.2 Å². The number of alkyl halides is 2. The third kappa shape index (κ3) is 5.37. The van der Waals surface area contributed by atoms with Crippen molar-refractivity contribution in [1.29, 1.82) is 0 Å². The first-order valence-corrected chi connectivity index (χ1v) is 15.2. The number of hydrogen-bond acceptors (Lipinski definition) is 5. The van der Waals surface area contributed by atoms with Crippen LogP contribution in [0.5, 0.6) is 0 Å². The zero-order valence-corrected chi connectivity index (χ0v) is 24.1. The number of nitrogens with one attached hydrogen (secondary N) is 2. The molecule has 0 fully saturated rings. The number of aromatic amines is 1. The summed E-state index contributed by atoms with van der Waals surface area (Å²) in [5.41, 5.74) is 4.22. The van der Waals surface area contributed by atoms with Crippen molar-refractivity contribution in [2.24, 2.45) is 0 Å². The number of likely N-dealkylation sites (N-methyl/N-ethyl adjacent to an activating group) is 1. The molecule has 0 unspecified atom stereocenters. The average molecular weight is 583 g/mol. The lowest BCUT2D eigenvalue weighted by atomic mass is 10.0. The molecule has 9 nitrogen and oxygen atoms in total. The molecule has 0 saturated heterocycles. The standard InChI is InChI=1S/C26H33Cl2N5O4S/c1-4-31(5-2)12-13-32-16-23-24(26(32)35)17(3)22(29-23)15-20-19-14-18(6-7-21(19)30-25(20)34)38(36,37)33(10-8-27)11-9-28/h6-7,14-15,29H,4-5,8-13,16H2,1-3H3,(H,30,34)/b20-15-. The molecule has 12 heteroatoms. The van der Waals surface area contributed by atoms with Crippen LogP contribution in [0.1, 0.15) is 46.7 Å². The van der Waals surface area contributed by atoms with Gasteiger partial charge in [-0.1, -0.05) is 13.8 Å². The first-order valence-electron chi connectivity index (χ1n) is 12.7. The Kier molecular flexibility index (Phi) is 8.89. The molecule has 1 aromatic heterocycles. The van der Waals surface area contributed by atoms with Crippen LogP contribution in [0.2, 0.25) is 0 Å². The van der Waals surface area contributed by atoms with Gasteiger partial charge in [-0.25, -0.2) is 8.42 Å². The van der Waals surface area contributed by atoms with Gasteiger partial charge in [0.2, 0.25) is 10.0 Å². The fraction of sp³-hybridized carbons (Fsp3) is 0.462. The largest absolute Gasteiger partial charge is 0.357 e. The maximum atomic E-state index is 13.2. The number of fused-ring (bicyclic) bond motifs is 2. The fourth-order valence-electron chi connectivity index (χ4n) is 4.94. The van der Waals surface area contributed by atoms with Crippen LogP contribution in [0.25, 0.3) is 11.6 Å². The van der Waals surface area contributed by atoms with Gasteiger partial charge in [0.05, 0.1) is 22.6 Å². The summed E-state index contributed by atoms with van der Waals surface area (Å²) in [6.07, 6.45) is 1.69. The SMILES string of the molecule is CCN(CC)CCN1Cc2[nH]c(/C=C3\C(=O)Nc4ccc(S(=O)(=O)N(CCCl)CCCl)cc43)c(C)c2C1=O. The summed E-state index contributed by atoms with van der Waals surface area (Å²) in [7, 11) is -3.86. The smallest absolute Gasteiger partial charge is 0.256 e. The van der Waals surface area contributed by atoms with Crippen LogP contribution in [-0.2, 0) is 21.4 Å². The van der Waals surface area contributed by atoms with Crippen molar-refractivity contribution < 1.29 is 18.0 Å². The highest BCUT2D eigenvalue weighted by molar-refractivity contribution is 7.89. The predicted octanol–water partition coefficient (Wildman–Crippen LogP) is 3.58. The van der Waals surface area contributed by atoms with Crippen LogP contribution >= 0.6 is 23.2 Å². The van der Waals surface area contributed by atoms with E-state index in [9.17, 15) is 18.0 Å². The van der Waals surface area contributed by atoms with E-state index in [1.807, 2.05) is 11.8 Å². The number of H-pyrrole nitrogens is 1. The van der Waals surface area contributed by atoms with Gasteiger partial charge >= 0.3 is 0 Å². The second kappa shape index (κ2) is 11.8. The Morgan fingerprint density at radius 1 is 1.08 bits per heavy atom. The van der Waals surface area contributed by atoms with E-state index in [0.29, 0.717) is 41.2 Å². The maximum Gasteiger partial charge on any atom is 0.256 e. The molecule has 0 aliphatic carbocycles. The molecule has 1 aromatic carbocycles. The normalized spacial score (nSPS) is 16.2.